The van der Waals surface area contributed by atoms with Gasteiger partial charge in [0.2, 0.25) is 0 Å². The van der Waals surface area contributed by atoms with Crippen molar-refractivity contribution >= 4 is 11.5 Å². The van der Waals surface area contributed by atoms with E-state index in [0.717, 1.165) is 5.56 Å². The highest BCUT2D eigenvalue weighted by Crippen LogP contribution is 2.31. The maximum Gasteiger partial charge on any atom is 0.167 e. The van der Waals surface area contributed by atoms with E-state index in [2.05, 4.69) is 0 Å². The summed E-state index contributed by atoms with van der Waals surface area (Å²) in [6.07, 6.45) is 0. The highest BCUT2D eigenvalue weighted by Gasteiger charge is 2.26. The zero-order valence-electron chi connectivity index (χ0n) is 11.5. The van der Waals surface area contributed by atoms with Crippen LogP contribution in [-0.2, 0) is 6.54 Å². The molecule has 0 fully saturated rings. The van der Waals surface area contributed by atoms with Crippen molar-refractivity contribution in [2.24, 2.45) is 0 Å². The smallest absolute Gasteiger partial charge is 0.167 e. The average molecular weight is 288 g/mol. The first-order valence-corrected chi connectivity index (χ1v) is 6.67. The number of halogens is 2. The number of benzene rings is 2. The van der Waals surface area contributed by atoms with Crippen LogP contribution in [-0.4, -0.2) is 12.4 Å². The first kappa shape index (κ1) is 13.5. The number of hydrogen-bond acceptors (Lipinski definition) is 2. The van der Waals surface area contributed by atoms with Crippen molar-refractivity contribution in [1.29, 1.82) is 5.41 Å². The van der Waals surface area contributed by atoms with Gasteiger partial charge in [0, 0.05) is 17.3 Å². The molecule has 0 unspecified atom stereocenters. The summed E-state index contributed by atoms with van der Waals surface area (Å²) in [4.78, 5) is 1.64. The Morgan fingerprint density at radius 1 is 1.19 bits per heavy atom. The fourth-order valence-corrected chi connectivity index (χ4v) is 2.45. The van der Waals surface area contributed by atoms with Gasteiger partial charge in [0.05, 0.1) is 13.2 Å². The van der Waals surface area contributed by atoms with Gasteiger partial charge in [-0.3, -0.25) is 5.41 Å². The summed E-state index contributed by atoms with van der Waals surface area (Å²) < 4.78 is 32.4. The molecule has 1 heterocycles. The Labute approximate surface area is 121 Å². The van der Waals surface area contributed by atoms with Crippen LogP contribution in [0.2, 0.25) is 0 Å². The van der Waals surface area contributed by atoms with Crippen LogP contribution in [0, 0.1) is 17.0 Å². The molecular weight excluding hydrogens is 274 g/mol. The van der Waals surface area contributed by atoms with Crippen LogP contribution in [0.15, 0.2) is 36.4 Å². The Balaban J connectivity index is 1.93. The monoisotopic (exact) mass is 288 g/mol. The van der Waals surface area contributed by atoms with Crippen molar-refractivity contribution in [3.05, 3.63) is 59.2 Å². The molecule has 0 spiro atoms. The summed E-state index contributed by atoms with van der Waals surface area (Å²) in [5.74, 6) is -0.480. The number of nitrogens with zero attached hydrogens (tertiary/aromatic N) is 1. The maximum atomic E-state index is 13.9. The highest BCUT2D eigenvalue weighted by molar-refractivity contribution is 6.11. The first-order valence-electron chi connectivity index (χ1n) is 6.67. The Bertz CT molecular complexity index is 715. The van der Waals surface area contributed by atoms with Gasteiger partial charge in [0.15, 0.2) is 11.6 Å². The van der Waals surface area contributed by atoms with Gasteiger partial charge in [0.25, 0.3) is 0 Å². The lowest BCUT2D eigenvalue weighted by atomic mass is 10.1. The van der Waals surface area contributed by atoms with Crippen molar-refractivity contribution in [3.8, 4) is 5.75 Å². The lowest BCUT2D eigenvalue weighted by molar-refractivity contribution is 0.321. The quantitative estimate of drug-likeness (QED) is 0.934. The van der Waals surface area contributed by atoms with Crippen LogP contribution in [0.25, 0.3) is 0 Å². The zero-order chi connectivity index (χ0) is 15.0. The second-order valence-electron chi connectivity index (χ2n) is 4.78. The third-order valence-corrected chi connectivity index (χ3v) is 3.45. The van der Waals surface area contributed by atoms with Crippen molar-refractivity contribution in [2.45, 2.75) is 13.5 Å². The summed E-state index contributed by atoms with van der Waals surface area (Å²) in [6.45, 7) is 2.61. The van der Waals surface area contributed by atoms with E-state index in [-0.39, 0.29) is 17.4 Å². The molecule has 0 radical (unpaired) electrons. The predicted octanol–water partition coefficient (Wildman–Crippen LogP) is 3.71. The SMILES string of the molecule is CCOc1ccc(N2Cc3ccc(F)cc3C2=N)cc1F. The molecule has 0 saturated carbocycles. The molecule has 2 aromatic rings. The standard InChI is InChI=1S/C16H14F2N2O/c1-2-21-15-6-5-12(8-14(15)18)20-9-10-3-4-11(17)7-13(10)16(20)19/h3-8,19H,2,9H2,1H3. The highest BCUT2D eigenvalue weighted by atomic mass is 19.1. The van der Waals surface area contributed by atoms with E-state index in [1.165, 1.54) is 18.2 Å². The molecule has 0 aliphatic carbocycles. The number of fused-ring (bicyclic) bond motifs is 1. The number of anilines is 1. The van der Waals surface area contributed by atoms with Crippen molar-refractivity contribution in [2.75, 3.05) is 11.5 Å². The largest absolute Gasteiger partial charge is 0.491 e. The van der Waals surface area contributed by atoms with Crippen LogP contribution < -0.4 is 9.64 Å². The molecule has 0 atom stereocenters. The van der Waals surface area contributed by atoms with Crippen LogP contribution in [0.1, 0.15) is 18.1 Å². The van der Waals surface area contributed by atoms with E-state index in [1.807, 2.05) is 0 Å². The molecule has 21 heavy (non-hydrogen) atoms. The fourth-order valence-electron chi connectivity index (χ4n) is 2.45. The fraction of sp³-hybridized carbons (Fsp3) is 0.188. The molecule has 3 rings (SSSR count). The number of amidine groups is 1. The molecule has 3 nitrogen and oxygen atoms in total. The van der Waals surface area contributed by atoms with Crippen molar-refractivity contribution in [3.63, 3.8) is 0 Å². The van der Waals surface area contributed by atoms with Gasteiger partial charge in [-0.05, 0) is 36.8 Å². The molecule has 2 aromatic carbocycles. The van der Waals surface area contributed by atoms with Crippen molar-refractivity contribution < 1.29 is 13.5 Å². The normalized spacial score (nSPS) is 13.5. The van der Waals surface area contributed by atoms with E-state index in [1.54, 1.807) is 30.0 Å². The van der Waals surface area contributed by atoms with Crippen LogP contribution in [0.3, 0.4) is 0 Å². The zero-order valence-corrected chi connectivity index (χ0v) is 11.5. The molecule has 0 amide bonds. The Morgan fingerprint density at radius 2 is 2.00 bits per heavy atom. The number of hydrogen-bond donors (Lipinski definition) is 1. The van der Waals surface area contributed by atoms with Gasteiger partial charge >= 0.3 is 0 Å². The molecule has 0 aromatic heterocycles. The Hall–Kier alpha value is -2.43. The number of nitrogens with one attached hydrogen (secondary N) is 1. The number of ether oxygens (including phenoxy) is 1. The molecule has 5 heteroatoms. The predicted molar refractivity (Wildman–Crippen MR) is 77.0 cm³/mol. The Kier molecular flexibility index (Phi) is 3.33. The molecule has 0 saturated heterocycles. The Morgan fingerprint density at radius 3 is 2.71 bits per heavy atom. The van der Waals surface area contributed by atoms with Crippen LogP contribution >= 0.6 is 0 Å². The van der Waals surface area contributed by atoms with Crippen molar-refractivity contribution in [1.82, 2.24) is 0 Å². The minimum absolute atomic E-state index is 0.174. The topological polar surface area (TPSA) is 36.3 Å². The third-order valence-electron chi connectivity index (χ3n) is 3.45. The number of rotatable bonds is 3. The van der Waals surface area contributed by atoms with E-state index in [4.69, 9.17) is 10.1 Å². The van der Waals surface area contributed by atoms with Gasteiger partial charge in [-0.15, -0.1) is 0 Å². The van der Waals surface area contributed by atoms with E-state index >= 15 is 0 Å². The summed E-state index contributed by atoms with van der Waals surface area (Å²) in [5.41, 5.74) is 1.96. The van der Waals surface area contributed by atoms with Gasteiger partial charge in [-0.2, -0.15) is 0 Å². The summed E-state index contributed by atoms with van der Waals surface area (Å²) in [6, 6.07) is 8.94. The average Bonchev–Trinajstić information content (AvgIpc) is 2.78. The minimum atomic E-state index is -0.468. The molecule has 108 valence electrons. The van der Waals surface area contributed by atoms with Gasteiger partial charge in [-0.1, -0.05) is 6.07 Å². The molecule has 1 aliphatic rings. The summed E-state index contributed by atoms with van der Waals surface area (Å²) in [5, 5.41) is 8.13. The lowest BCUT2D eigenvalue weighted by Crippen LogP contribution is -2.23. The second-order valence-corrected chi connectivity index (χ2v) is 4.78. The first-order chi connectivity index (χ1) is 10.1. The van der Waals surface area contributed by atoms with Crippen LogP contribution in [0.4, 0.5) is 14.5 Å². The molecule has 1 aliphatic heterocycles. The van der Waals surface area contributed by atoms with E-state index in [0.29, 0.717) is 24.4 Å². The third kappa shape index (κ3) is 2.35. The summed E-state index contributed by atoms with van der Waals surface area (Å²) >= 11 is 0. The van der Waals surface area contributed by atoms with Gasteiger partial charge in [0.1, 0.15) is 11.7 Å². The second kappa shape index (κ2) is 5.16. The van der Waals surface area contributed by atoms with E-state index < -0.39 is 5.82 Å². The van der Waals surface area contributed by atoms with Gasteiger partial charge < -0.3 is 9.64 Å². The lowest BCUT2D eigenvalue weighted by Gasteiger charge is -2.18. The molecular formula is C16H14F2N2O. The van der Waals surface area contributed by atoms with Crippen LogP contribution in [0.5, 0.6) is 5.75 Å². The molecule has 0 bridgehead atoms. The summed E-state index contributed by atoms with van der Waals surface area (Å²) in [7, 11) is 0. The maximum absolute atomic E-state index is 13.9. The molecule has 1 N–H and O–H groups in total. The minimum Gasteiger partial charge on any atom is -0.491 e. The van der Waals surface area contributed by atoms with E-state index in [9.17, 15) is 8.78 Å². The van der Waals surface area contributed by atoms with Gasteiger partial charge in [-0.25, -0.2) is 8.78 Å².